The van der Waals surface area contributed by atoms with Crippen LogP contribution in [0.3, 0.4) is 0 Å². The van der Waals surface area contributed by atoms with E-state index in [0.29, 0.717) is 5.41 Å². The van der Waals surface area contributed by atoms with E-state index in [9.17, 15) is 0 Å². The highest BCUT2D eigenvalue weighted by Gasteiger charge is 2.43. The number of hydrogen-bond acceptors (Lipinski definition) is 0. The molecule has 0 N–H and O–H groups in total. The largest absolute Gasteiger partial charge is 0.0764 e. The molecule has 0 radical (unpaired) electrons. The molecule has 1 fully saturated rings. The summed E-state index contributed by atoms with van der Waals surface area (Å²) in [5, 5.41) is 0. The van der Waals surface area contributed by atoms with Gasteiger partial charge in [0.2, 0.25) is 0 Å². The van der Waals surface area contributed by atoms with Crippen LogP contribution >= 0.6 is 0 Å². The van der Waals surface area contributed by atoms with E-state index in [1.54, 1.807) is 16.7 Å². The summed E-state index contributed by atoms with van der Waals surface area (Å²) in [5.74, 6) is 0.859. The summed E-state index contributed by atoms with van der Waals surface area (Å²) in [6.45, 7) is 9.36. The molecular formula is C15H24. The van der Waals surface area contributed by atoms with Crippen LogP contribution in [-0.2, 0) is 0 Å². The normalized spacial score (nSPS) is 35.9. The Labute approximate surface area is 94.5 Å². The summed E-state index contributed by atoms with van der Waals surface area (Å²) < 4.78 is 0. The predicted molar refractivity (Wildman–Crippen MR) is 66.8 cm³/mol. The maximum Gasteiger partial charge on any atom is 0.0122 e. The second-order valence-electron chi connectivity index (χ2n) is 5.80. The molecule has 0 heteroatoms. The van der Waals surface area contributed by atoms with Gasteiger partial charge in [0, 0.05) is 5.41 Å². The van der Waals surface area contributed by atoms with E-state index in [2.05, 4.69) is 33.8 Å². The van der Waals surface area contributed by atoms with Crippen molar-refractivity contribution in [3.8, 4) is 0 Å². The first kappa shape index (κ1) is 11.0. The van der Waals surface area contributed by atoms with Crippen LogP contribution in [0.25, 0.3) is 0 Å². The summed E-state index contributed by atoms with van der Waals surface area (Å²) in [7, 11) is 0. The molecule has 1 saturated carbocycles. The Hall–Kier alpha value is -0.520. The molecule has 0 bridgehead atoms. The van der Waals surface area contributed by atoms with Crippen molar-refractivity contribution in [2.24, 2.45) is 11.3 Å². The lowest BCUT2D eigenvalue weighted by Crippen LogP contribution is -2.26. The van der Waals surface area contributed by atoms with Crippen molar-refractivity contribution in [3.05, 3.63) is 22.8 Å². The Balaban J connectivity index is 2.47. The van der Waals surface area contributed by atoms with Gasteiger partial charge >= 0.3 is 0 Å². The van der Waals surface area contributed by atoms with Gasteiger partial charge in [-0.15, -0.1) is 0 Å². The summed E-state index contributed by atoms with van der Waals surface area (Å²) in [5.41, 5.74) is 5.41. The molecule has 2 aliphatic carbocycles. The van der Waals surface area contributed by atoms with Crippen molar-refractivity contribution in [2.45, 2.75) is 59.8 Å². The van der Waals surface area contributed by atoms with Gasteiger partial charge in [0.1, 0.15) is 0 Å². The fraction of sp³-hybridized carbons (Fsp3) is 0.733. The van der Waals surface area contributed by atoms with Gasteiger partial charge in [0.05, 0.1) is 0 Å². The minimum absolute atomic E-state index is 0.459. The fourth-order valence-corrected chi connectivity index (χ4v) is 3.73. The highest BCUT2D eigenvalue weighted by Crippen LogP contribution is 2.55. The molecule has 0 heterocycles. The average Bonchev–Trinajstić information content (AvgIpc) is 2.44. The quantitative estimate of drug-likeness (QED) is 0.494. The molecule has 2 rings (SSSR count). The van der Waals surface area contributed by atoms with Gasteiger partial charge in [-0.05, 0) is 58.8 Å². The van der Waals surface area contributed by atoms with Crippen molar-refractivity contribution < 1.29 is 0 Å². The van der Waals surface area contributed by atoms with Gasteiger partial charge in [0.15, 0.2) is 0 Å². The van der Waals surface area contributed by atoms with Crippen LogP contribution in [-0.4, -0.2) is 0 Å². The third-order valence-corrected chi connectivity index (χ3v) is 4.54. The van der Waals surface area contributed by atoms with Crippen LogP contribution < -0.4 is 0 Å². The maximum atomic E-state index is 2.61. The topological polar surface area (TPSA) is 0 Å². The lowest BCUT2D eigenvalue weighted by Gasteiger charge is -2.37. The van der Waals surface area contributed by atoms with Crippen molar-refractivity contribution in [1.82, 2.24) is 0 Å². The van der Waals surface area contributed by atoms with Gasteiger partial charge in [-0.25, -0.2) is 0 Å². The standard InChI is InChI=1S/C15H24/c1-11(2)14-8-7-13(4)15(14)9-5-6-12(3)10-15/h10,13H,5-9H2,1-4H3. The molecule has 0 nitrogen and oxygen atoms in total. The van der Waals surface area contributed by atoms with Gasteiger partial charge in [-0.2, -0.15) is 0 Å². The van der Waals surface area contributed by atoms with Crippen LogP contribution in [0.2, 0.25) is 0 Å². The molecule has 2 unspecified atom stereocenters. The third kappa shape index (κ3) is 1.68. The number of hydrogen-bond donors (Lipinski definition) is 0. The van der Waals surface area contributed by atoms with Crippen LogP contribution in [0, 0.1) is 11.3 Å². The molecule has 2 aliphatic rings. The van der Waals surface area contributed by atoms with Crippen LogP contribution in [0.1, 0.15) is 59.8 Å². The summed E-state index contributed by atoms with van der Waals surface area (Å²) in [6.07, 6.45) is 9.45. The molecule has 1 spiro atoms. The Morgan fingerprint density at radius 1 is 1.33 bits per heavy atom. The van der Waals surface area contributed by atoms with Crippen LogP contribution in [0.5, 0.6) is 0 Å². The van der Waals surface area contributed by atoms with Crippen molar-refractivity contribution >= 4 is 0 Å². The molecule has 0 aromatic carbocycles. The molecule has 0 saturated heterocycles. The van der Waals surface area contributed by atoms with Gasteiger partial charge < -0.3 is 0 Å². The Morgan fingerprint density at radius 3 is 2.67 bits per heavy atom. The first-order chi connectivity index (χ1) is 7.06. The van der Waals surface area contributed by atoms with Crippen LogP contribution in [0.4, 0.5) is 0 Å². The van der Waals surface area contributed by atoms with Crippen molar-refractivity contribution in [2.75, 3.05) is 0 Å². The van der Waals surface area contributed by atoms with Gasteiger partial charge in [0.25, 0.3) is 0 Å². The summed E-state index contributed by atoms with van der Waals surface area (Å²) >= 11 is 0. The molecular weight excluding hydrogens is 180 g/mol. The van der Waals surface area contributed by atoms with E-state index in [-0.39, 0.29) is 0 Å². The van der Waals surface area contributed by atoms with E-state index in [0.717, 1.165) is 5.92 Å². The minimum Gasteiger partial charge on any atom is -0.0764 e. The SMILES string of the molecule is CC1=CC2(CCC1)C(=C(C)C)CCC2C. The number of allylic oxidation sites excluding steroid dienone is 4. The van der Waals surface area contributed by atoms with Gasteiger partial charge in [-0.1, -0.05) is 29.7 Å². The van der Waals surface area contributed by atoms with E-state index in [1.807, 2.05) is 0 Å². The Kier molecular flexibility index (Phi) is 2.79. The molecule has 0 amide bonds. The number of rotatable bonds is 0. The average molecular weight is 204 g/mol. The Morgan fingerprint density at radius 2 is 2.07 bits per heavy atom. The lowest BCUT2D eigenvalue weighted by atomic mass is 9.67. The maximum absolute atomic E-state index is 2.61. The summed E-state index contributed by atoms with van der Waals surface area (Å²) in [4.78, 5) is 0. The molecule has 84 valence electrons. The van der Waals surface area contributed by atoms with Gasteiger partial charge in [-0.3, -0.25) is 0 Å². The van der Waals surface area contributed by atoms with E-state index < -0.39 is 0 Å². The monoisotopic (exact) mass is 204 g/mol. The second-order valence-corrected chi connectivity index (χ2v) is 5.80. The zero-order valence-corrected chi connectivity index (χ0v) is 10.7. The molecule has 2 atom stereocenters. The van der Waals surface area contributed by atoms with Crippen molar-refractivity contribution in [1.29, 1.82) is 0 Å². The van der Waals surface area contributed by atoms with Crippen LogP contribution in [0.15, 0.2) is 22.8 Å². The highest BCUT2D eigenvalue weighted by molar-refractivity contribution is 5.34. The Bertz CT molecular complexity index is 315. The third-order valence-electron chi connectivity index (χ3n) is 4.54. The molecule has 0 aromatic rings. The van der Waals surface area contributed by atoms with Crippen molar-refractivity contribution in [3.63, 3.8) is 0 Å². The fourth-order valence-electron chi connectivity index (χ4n) is 3.73. The first-order valence-electron chi connectivity index (χ1n) is 6.41. The molecule has 15 heavy (non-hydrogen) atoms. The molecule has 0 aliphatic heterocycles. The second kappa shape index (κ2) is 3.81. The smallest absolute Gasteiger partial charge is 0.0122 e. The van der Waals surface area contributed by atoms with E-state index in [1.165, 1.54) is 32.1 Å². The first-order valence-corrected chi connectivity index (χ1v) is 6.41. The predicted octanol–water partition coefficient (Wildman–Crippen LogP) is 4.87. The van der Waals surface area contributed by atoms with E-state index in [4.69, 9.17) is 0 Å². The molecule has 0 aromatic heterocycles. The summed E-state index contributed by atoms with van der Waals surface area (Å²) in [6, 6.07) is 0. The zero-order valence-electron chi connectivity index (χ0n) is 10.7. The lowest BCUT2D eigenvalue weighted by molar-refractivity contribution is 0.296. The highest BCUT2D eigenvalue weighted by atomic mass is 14.5. The van der Waals surface area contributed by atoms with E-state index >= 15 is 0 Å². The minimum atomic E-state index is 0.459. The zero-order chi connectivity index (χ0) is 11.1.